The molecule has 6 heteroatoms. The summed E-state index contributed by atoms with van der Waals surface area (Å²) in [5.74, 6) is 2.52. The molecular weight excluding hydrogens is 274 g/mol. The minimum atomic E-state index is 0.648. The van der Waals surface area contributed by atoms with Gasteiger partial charge >= 0.3 is 0 Å². The number of hydrogen-bond acceptors (Lipinski definition) is 4. The summed E-state index contributed by atoms with van der Waals surface area (Å²) in [5, 5.41) is 2.70. The van der Waals surface area contributed by atoms with Crippen LogP contribution in [0.15, 0.2) is 11.6 Å². The fourth-order valence-electron chi connectivity index (χ4n) is 2.18. The topological polar surface area (TPSA) is 20.5 Å². The van der Waals surface area contributed by atoms with E-state index in [4.69, 9.17) is 11.6 Å². The van der Waals surface area contributed by atoms with Gasteiger partial charge in [0.2, 0.25) is 0 Å². The highest BCUT2D eigenvalue weighted by Crippen LogP contribution is 2.26. The first-order valence-corrected chi connectivity index (χ1v) is 8.05. The van der Waals surface area contributed by atoms with Crippen LogP contribution in [0.4, 0.5) is 0 Å². The molecule has 2 aromatic rings. The molecule has 17 heavy (non-hydrogen) atoms. The third-order valence-corrected chi connectivity index (χ3v) is 5.44. The van der Waals surface area contributed by atoms with Crippen molar-refractivity contribution in [2.75, 3.05) is 18.6 Å². The predicted molar refractivity (Wildman–Crippen MR) is 75.3 cm³/mol. The van der Waals surface area contributed by atoms with Crippen LogP contribution < -0.4 is 0 Å². The molecule has 1 fully saturated rings. The van der Waals surface area contributed by atoms with Gasteiger partial charge in [-0.2, -0.15) is 11.8 Å². The number of hydrogen-bond donors (Lipinski definition) is 0. The maximum atomic E-state index is 6.20. The quantitative estimate of drug-likeness (QED) is 0.866. The Balaban J connectivity index is 1.83. The SMILES string of the molecule is CN(Cc1c(Cl)nc2sccn12)[C@H]1CCSC1. The highest BCUT2D eigenvalue weighted by Gasteiger charge is 2.22. The second-order valence-corrected chi connectivity index (χ2v) is 6.72. The minimum absolute atomic E-state index is 0.648. The normalized spacial score (nSPS) is 20.8. The van der Waals surface area contributed by atoms with Gasteiger partial charge in [-0.15, -0.1) is 11.3 Å². The largest absolute Gasteiger partial charge is 0.297 e. The Labute approximate surface area is 114 Å². The molecule has 1 atom stereocenters. The van der Waals surface area contributed by atoms with Crippen LogP contribution in [0.3, 0.4) is 0 Å². The molecule has 3 heterocycles. The van der Waals surface area contributed by atoms with E-state index in [1.807, 2.05) is 23.3 Å². The van der Waals surface area contributed by atoms with E-state index in [0.29, 0.717) is 11.2 Å². The lowest BCUT2D eigenvalue weighted by atomic mass is 10.2. The maximum absolute atomic E-state index is 6.20. The Morgan fingerprint density at radius 3 is 3.29 bits per heavy atom. The molecule has 0 N–H and O–H groups in total. The first-order valence-electron chi connectivity index (χ1n) is 5.63. The summed E-state index contributed by atoms with van der Waals surface area (Å²) in [6, 6.07) is 0.681. The highest BCUT2D eigenvalue weighted by molar-refractivity contribution is 7.99. The Hall–Kier alpha value is -0.230. The van der Waals surface area contributed by atoms with Crippen molar-refractivity contribution in [3.63, 3.8) is 0 Å². The zero-order valence-electron chi connectivity index (χ0n) is 9.60. The summed E-state index contributed by atoms with van der Waals surface area (Å²) in [6.45, 7) is 0.877. The molecule has 0 radical (unpaired) electrons. The number of nitrogens with zero attached hydrogens (tertiary/aromatic N) is 3. The summed E-state index contributed by atoms with van der Waals surface area (Å²) in [7, 11) is 2.18. The van der Waals surface area contributed by atoms with E-state index in [1.54, 1.807) is 11.3 Å². The molecule has 92 valence electrons. The molecule has 0 bridgehead atoms. The van der Waals surface area contributed by atoms with Gasteiger partial charge in [0.25, 0.3) is 0 Å². The molecule has 3 nitrogen and oxygen atoms in total. The Bertz CT molecular complexity index is 516. The van der Waals surface area contributed by atoms with Crippen molar-refractivity contribution >= 4 is 39.7 Å². The third-order valence-electron chi connectivity index (χ3n) is 3.24. The molecule has 0 aliphatic carbocycles. The molecule has 3 rings (SSSR count). The smallest absolute Gasteiger partial charge is 0.195 e. The van der Waals surface area contributed by atoms with Gasteiger partial charge in [-0.1, -0.05) is 11.6 Å². The molecule has 2 aromatic heterocycles. The molecule has 0 spiro atoms. The summed E-state index contributed by atoms with van der Waals surface area (Å²) >= 11 is 9.87. The molecule has 1 saturated heterocycles. The van der Waals surface area contributed by atoms with Gasteiger partial charge in [-0.3, -0.25) is 9.30 Å². The number of thiazole rings is 1. The molecule has 1 aliphatic heterocycles. The standard InChI is InChI=1S/C11H14ClN3S2/c1-14(8-2-4-16-7-8)6-9-10(12)13-11-15(9)3-5-17-11/h3,5,8H,2,4,6-7H2,1H3/t8-/m0/s1. The lowest BCUT2D eigenvalue weighted by Crippen LogP contribution is -2.31. The molecule has 0 amide bonds. The van der Waals surface area contributed by atoms with Crippen molar-refractivity contribution in [1.29, 1.82) is 0 Å². The second kappa shape index (κ2) is 4.80. The zero-order valence-corrected chi connectivity index (χ0v) is 12.0. The fourth-order valence-corrected chi connectivity index (χ4v) is 4.50. The molecule has 1 aliphatic rings. The first kappa shape index (κ1) is 11.8. The van der Waals surface area contributed by atoms with Crippen LogP contribution in [0.25, 0.3) is 4.96 Å². The zero-order chi connectivity index (χ0) is 11.8. The summed E-state index contributed by atoms with van der Waals surface area (Å²) in [6.07, 6.45) is 3.33. The van der Waals surface area contributed by atoms with Gasteiger partial charge in [0.1, 0.15) is 0 Å². The highest BCUT2D eigenvalue weighted by atomic mass is 35.5. The summed E-state index contributed by atoms with van der Waals surface area (Å²) < 4.78 is 2.10. The Kier molecular flexibility index (Phi) is 3.34. The van der Waals surface area contributed by atoms with E-state index in [-0.39, 0.29) is 0 Å². The van der Waals surface area contributed by atoms with E-state index >= 15 is 0 Å². The van der Waals surface area contributed by atoms with Crippen molar-refractivity contribution in [1.82, 2.24) is 14.3 Å². The van der Waals surface area contributed by atoms with Crippen LogP contribution in [0.2, 0.25) is 5.15 Å². The van der Waals surface area contributed by atoms with Crippen LogP contribution in [0.5, 0.6) is 0 Å². The van der Waals surface area contributed by atoms with Gasteiger partial charge in [0.05, 0.1) is 5.69 Å². The first-order chi connectivity index (χ1) is 8.25. The van der Waals surface area contributed by atoms with Crippen molar-refractivity contribution in [2.45, 2.75) is 19.0 Å². The van der Waals surface area contributed by atoms with Gasteiger partial charge in [-0.05, 0) is 19.2 Å². The number of thioether (sulfide) groups is 1. The molecule has 0 saturated carbocycles. The summed E-state index contributed by atoms with van der Waals surface area (Å²) in [4.78, 5) is 7.75. The minimum Gasteiger partial charge on any atom is -0.297 e. The number of imidazole rings is 1. The third kappa shape index (κ3) is 2.21. The maximum Gasteiger partial charge on any atom is 0.195 e. The van der Waals surface area contributed by atoms with Crippen LogP contribution in [0.1, 0.15) is 12.1 Å². The van der Waals surface area contributed by atoms with Gasteiger partial charge in [0, 0.05) is 29.9 Å². The van der Waals surface area contributed by atoms with E-state index in [0.717, 1.165) is 17.2 Å². The van der Waals surface area contributed by atoms with Crippen molar-refractivity contribution < 1.29 is 0 Å². The van der Waals surface area contributed by atoms with E-state index in [2.05, 4.69) is 21.3 Å². The second-order valence-electron chi connectivity index (χ2n) is 4.34. The lowest BCUT2D eigenvalue weighted by Gasteiger charge is -2.22. The fraction of sp³-hybridized carbons (Fsp3) is 0.545. The van der Waals surface area contributed by atoms with Crippen LogP contribution in [-0.2, 0) is 6.54 Å². The number of fused-ring (bicyclic) bond motifs is 1. The Morgan fingerprint density at radius 2 is 2.53 bits per heavy atom. The van der Waals surface area contributed by atoms with E-state index in [9.17, 15) is 0 Å². The van der Waals surface area contributed by atoms with Gasteiger partial charge in [-0.25, -0.2) is 4.98 Å². The summed E-state index contributed by atoms with van der Waals surface area (Å²) in [5.41, 5.74) is 1.11. The average molecular weight is 288 g/mol. The lowest BCUT2D eigenvalue weighted by molar-refractivity contribution is 0.251. The van der Waals surface area contributed by atoms with E-state index in [1.165, 1.54) is 17.9 Å². The monoisotopic (exact) mass is 287 g/mol. The van der Waals surface area contributed by atoms with Crippen molar-refractivity contribution in [2.24, 2.45) is 0 Å². The number of halogens is 1. The van der Waals surface area contributed by atoms with Gasteiger partial charge in [0.15, 0.2) is 10.1 Å². The Morgan fingerprint density at radius 1 is 1.65 bits per heavy atom. The van der Waals surface area contributed by atoms with E-state index < -0.39 is 0 Å². The number of aromatic nitrogens is 2. The number of rotatable bonds is 3. The molecular formula is C11H14ClN3S2. The molecule has 0 aromatic carbocycles. The van der Waals surface area contributed by atoms with Crippen molar-refractivity contribution in [3.05, 3.63) is 22.4 Å². The van der Waals surface area contributed by atoms with Gasteiger partial charge < -0.3 is 0 Å². The van der Waals surface area contributed by atoms with Crippen LogP contribution in [-0.4, -0.2) is 38.9 Å². The van der Waals surface area contributed by atoms with Crippen molar-refractivity contribution in [3.8, 4) is 0 Å². The predicted octanol–water partition coefficient (Wildman–Crippen LogP) is 2.99. The average Bonchev–Trinajstić information content (AvgIpc) is 2.98. The molecule has 0 unspecified atom stereocenters. The van der Waals surface area contributed by atoms with Crippen LogP contribution in [0, 0.1) is 0 Å². The van der Waals surface area contributed by atoms with Crippen LogP contribution >= 0.6 is 34.7 Å².